The van der Waals surface area contributed by atoms with E-state index in [9.17, 15) is 17.6 Å². The Morgan fingerprint density at radius 1 is 1.07 bits per heavy atom. The normalized spacial score (nSPS) is 17.0. The molecule has 1 aliphatic heterocycles. The number of nitrogens with zero attached hydrogens (tertiary/aromatic N) is 2. The number of hydrogen-bond acceptors (Lipinski definition) is 2. The smallest absolute Gasteiger partial charge is 0.262 e. The van der Waals surface area contributed by atoms with Crippen molar-refractivity contribution in [2.24, 2.45) is 4.99 Å². The second-order valence-electron chi connectivity index (χ2n) is 7.08. The summed E-state index contributed by atoms with van der Waals surface area (Å²) in [6, 6.07) is 1.75. The molecule has 2 nitrogen and oxygen atoms in total. The predicted octanol–water partition coefficient (Wildman–Crippen LogP) is 7.36. The zero-order chi connectivity index (χ0) is 22.1. The highest BCUT2D eigenvalue weighted by molar-refractivity contribution is 6.04. The van der Waals surface area contributed by atoms with Crippen LogP contribution in [-0.4, -0.2) is 30.1 Å². The van der Waals surface area contributed by atoms with Gasteiger partial charge in [-0.2, -0.15) is 0 Å². The van der Waals surface area contributed by atoms with E-state index >= 15 is 0 Å². The van der Waals surface area contributed by atoms with Crippen LogP contribution in [0.4, 0.5) is 23.2 Å². The Labute approximate surface area is 172 Å². The molecule has 0 amide bonds. The van der Waals surface area contributed by atoms with Gasteiger partial charge in [0.15, 0.2) is 11.6 Å². The molecule has 29 heavy (non-hydrogen) atoms. The van der Waals surface area contributed by atoms with E-state index < -0.39 is 18.1 Å². The molecule has 0 radical (unpaired) electrons. The number of benzene rings is 1. The standard InChI is InChI=1S/C19H22F4N2.C4H10/c1-5-16(24-17-9-15(21)14(20)7-11(17)3)12-8-13(19(22)23)18(6-2)25(4)10-12;1-3-4-2/h7-10,18-19H,5-6H2,1-4H3;3-4H2,1-2H3. The molecule has 1 unspecified atom stereocenters. The van der Waals surface area contributed by atoms with Crippen molar-refractivity contribution in [2.75, 3.05) is 7.05 Å². The fraction of sp³-hybridized carbons (Fsp3) is 0.522. The Morgan fingerprint density at radius 2 is 1.66 bits per heavy atom. The number of aryl methyl sites for hydroxylation is 1. The van der Waals surface area contributed by atoms with Gasteiger partial charge in [-0.3, -0.25) is 4.99 Å². The Balaban J connectivity index is 0.000000960. The number of aliphatic imine (C=N–C) groups is 1. The maximum atomic E-state index is 13.5. The van der Waals surface area contributed by atoms with E-state index in [4.69, 9.17) is 0 Å². The van der Waals surface area contributed by atoms with E-state index in [0.29, 0.717) is 35.4 Å². The maximum Gasteiger partial charge on any atom is 0.262 e. The molecule has 0 aliphatic carbocycles. The highest BCUT2D eigenvalue weighted by Crippen LogP contribution is 2.29. The molecule has 0 spiro atoms. The van der Waals surface area contributed by atoms with Crippen LogP contribution in [0.5, 0.6) is 0 Å². The van der Waals surface area contributed by atoms with Gasteiger partial charge in [0.25, 0.3) is 6.43 Å². The molecule has 2 rings (SSSR count). The lowest BCUT2D eigenvalue weighted by atomic mass is 9.95. The van der Waals surface area contributed by atoms with Crippen LogP contribution in [0.25, 0.3) is 0 Å². The predicted molar refractivity (Wildman–Crippen MR) is 113 cm³/mol. The van der Waals surface area contributed by atoms with Crippen LogP contribution in [-0.2, 0) is 0 Å². The molecule has 6 heteroatoms. The molecule has 1 heterocycles. The van der Waals surface area contributed by atoms with Crippen LogP contribution in [0.3, 0.4) is 0 Å². The van der Waals surface area contributed by atoms with Crippen LogP contribution < -0.4 is 0 Å². The second-order valence-corrected chi connectivity index (χ2v) is 7.08. The van der Waals surface area contributed by atoms with E-state index in [-0.39, 0.29) is 11.6 Å². The Bertz CT molecular complexity index is 764. The minimum atomic E-state index is -2.56. The van der Waals surface area contributed by atoms with Crippen molar-refractivity contribution >= 4 is 11.4 Å². The summed E-state index contributed by atoms with van der Waals surface area (Å²) in [7, 11) is 1.75. The summed E-state index contributed by atoms with van der Waals surface area (Å²) in [5.41, 5.74) is 1.94. The van der Waals surface area contributed by atoms with Gasteiger partial charge in [-0.25, -0.2) is 17.6 Å². The van der Waals surface area contributed by atoms with Crippen molar-refractivity contribution in [1.29, 1.82) is 0 Å². The number of rotatable bonds is 6. The molecule has 0 bridgehead atoms. The SMILES string of the molecule is CCC(=Nc1cc(F)c(F)cc1C)C1=CN(C)C(CC)C(C(F)F)=C1.CCCC. The Hall–Kier alpha value is -2.11. The summed E-state index contributed by atoms with van der Waals surface area (Å²) in [6.45, 7) is 9.69. The first-order valence-corrected chi connectivity index (χ1v) is 10.2. The Kier molecular flexibility index (Phi) is 10.1. The number of unbranched alkanes of at least 4 members (excludes halogenated alkanes) is 1. The van der Waals surface area contributed by atoms with Gasteiger partial charge in [-0.1, -0.05) is 40.5 Å². The fourth-order valence-corrected chi connectivity index (χ4v) is 3.00. The Morgan fingerprint density at radius 3 is 2.14 bits per heavy atom. The summed E-state index contributed by atoms with van der Waals surface area (Å²) < 4.78 is 53.6. The molecule has 0 saturated carbocycles. The van der Waals surface area contributed by atoms with Crippen molar-refractivity contribution in [3.05, 3.63) is 52.8 Å². The van der Waals surface area contributed by atoms with Gasteiger partial charge < -0.3 is 4.90 Å². The molecule has 1 aromatic rings. The van der Waals surface area contributed by atoms with Crippen LogP contribution in [0.15, 0.2) is 40.5 Å². The van der Waals surface area contributed by atoms with Gasteiger partial charge in [0, 0.05) is 36.2 Å². The van der Waals surface area contributed by atoms with Crippen LogP contribution in [0.2, 0.25) is 0 Å². The monoisotopic (exact) mass is 412 g/mol. The van der Waals surface area contributed by atoms with Crippen LogP contribution >= 0.6 is 0 Å². The van der Waals surface area contributed by atoms with E-state index in [2.05, 4.69) is 18.8 Å². The van der Waals surface area contributed by atoms with E-state index in [1.54, 1.807) is 25.1 Å². The van der Waals surface area contributed by atoms with Crippen molar-refractivity contribution in [3.63, 3.8) is 0 Å². The summed E-state index contributed by atoms with van der Waals surface area (Å²) in [5.74, 6) is -1.92. The first kappa shape index (κ1) is 24.9. The van der Waals surface area contributed by atoms with Gasteiger partial charge in [0.2, 0.25) is 0 Å². The lowest BCUT2D eigenvalue weighted by Gasteiger charge is -2.32. The van der Waals surface area contributed by atoms with Crippen molar-refractivity contribution in [2.45, 2.75) is 72.8 Å². The molecule has 1 aliphatic rings. The van der Waals surface area contributed by atoms with Crippen molar-refractivity contribution in [1.82, 2.24) is 4.90 Å². The average molecular weight is 413 g/mol. The van der Waals surface area contributed by atoms with Crippen molar-refractivity contribution in [3.8, 4) is 0 Å². The molecule has 1 aromatic carbocycles. The maximum absolute atomic E-state index is 13.5. The highest BCUT2D eigenvalue weighted by Gasteiger charge is 2.27. The summed E-state index contributed by atoms with van der Waals surface area (Å²) in [5, 5.41) is 0. The lowest BCUT2D eigenvalue weighted by Crippen LogP contribution is -2.34. The average Bonchev–Trinajstić information content (AvgIpc) is 2.69. The van der Waals surface area contributed by atoms with Gasteiger partial charge in [-0.15, -0.1) is 0 Å². The van der Waals surface area contributed by atoms with E-state index in [1.807, 2.05) is 13.8 Å². The third-order valence-corrected chi connectivity index (χ3v) is 4.84. The highest BCUT2D eigenvalue weighted by atomic mass is 19.3. The molecular weight excluding hydrogens is 380 g/mol. The zero-order valence-corrected chi connectivity index (χ0v) is 18.2. The van der Waals surface area contributed by atoms with Crippen LogP contribution in [0, 0.1) is 18.6 Å². The number of alkyl halides is 2. The van der Waals surface area contributed by atoms with Gasteiger partial charge in [-0.05, 0) is 37.5 Å². The summed E-state index contributed by atoms with van der Waals surface area (Å²) in [4.78, 5) is 6.16. The molecule has 162 valence electrons. The first-order valence-electron chi connectivity index (χ1n) is 10.2. The second kappa shape index (κ2) is 11.8. The third-order valence-electron chi connectivity index (χ3n) is 4.84. The summed E-state index contributed by atoms with van der Waals surface area (Å²) in [6.07, 6.45) is 4.37. The summed E-state index contributed by atoms with van der Waals surface area (Å²) >= 11 is 0. The molecule has 0 N–H and O–H groups in total. The van der Waals surface area contributed by atoms with Crippen LogP contribution in [0.1, 0.15) is 58.9 Å². The number of hydrogen-bond donors (Lipinski definition) is 0. The molecule has 0 saturated heterocycles. The van der Waals surface area contributed by atoms with E-state index in [0.717, 1.165) is 12.1 Å². The van der Waals surface area contributed by atoms with Gasteiger partial charge >= 0.3 is 0 Å². The quantitative estimate of drug-likeness (QED) is 0.352. The number of halogens is 4. The van der Waals surface area contributed by atoms with Gasteiger partial charge in [0.05, 0.1) is 11.7 Å². The minimum absolute atomic E-state index is 0.0469. The lowest BCUT2D eigenvalue weighted by molar-refractivity contribution is 0.162. The first-order chi connectivity index (χ1) is 13.7. The molecule has 0 fully saturated rings. The van der Waals surface area contributed by atoms with E-state index in [1.165, 1.54) is 18.9 Å². The molecule has 0 aromatic heterocycles. The number of likely N-dealkylation sites (N-methyl/N-ethyl adjacent to an activating group) is 1. The topological polar surface area (TPSA) is 15.6 Å². The number of allylic oxidation sites excluding steroid dienone is 2. The molecule has 1 atom stereocenters. The largest absolute Gasteiger partial charge is 0.373 e. The van der Waals surface area contributed by atoms with Crippen molar-refractivity contribution < 1.29 is 17.6 Å². The zero-order valence-electron chi connectivity index (χ0n) is 18.2. The minimum Gasteiger partial charge on any atom is -0.373 e. The fourth-order valence-electron chi connectivity index (χ4n) is 3.00. The van der Waals surface area contributed by atoms with Gasteiger partial charge in [0.1, 0.15) is 0 Å². The third kappa shape index (κ3) is 6.72. The molecular formula is C23H32F4N2.